The third-order valence-electron chi connectivity index (χ3n) is 12.1. The highest BCUT2D eigenvalue weighted by Gasteiger charge is 2.65. The van der Waals surface area contributed by atoms with Crippen LogP contribution in [-0.2, 0) is 4.74 Å². The Morgan fingerprint density at radius 3 is 2.70 bits per heavy atom. The molecule has 0 radical (unpaired) electrons. The summed E-state index contributed by atoms with van der Waals surface area (Å²) in [6.07, 6.45) is 12.4. The van der Waals surface area contributed by atoms with Crippen molar-refractivity contribution in [1.82, 2.24) is 4.90 Å². The van der Waals surface area contributed by atoms with Gasteiger partial charge in [0.25, 0.3) is 0 Å². The van der Waals surface area contributed by atoms with Crippen molar-refractivity contribution in [2.24, 2.45) is 46.8 Å². The second kappa shape index (κ2) is 8.22. The van der Waals surface area contributed by atoms with Gasteiger partial charge in [0.1, 0.15) is 0 Å². The normalized spacial score (nSPS) is 56.1. The molecule has 8 unspecified atom stereocenters. The van der Waals surface area contributed by atoms with E-state index in [0.717, 1.165) is 48.9 Å². The fraction of sp³-hybridized carbons (Fsp3) is 0.931. The first-order valence-electron chi connectivity index (χ1n) is 14.1. The van der Waals surface area contributed by atoms with E-state index < -0.39 is 0 Å². The second-order valence-electron chi connectivity index (χ2n) is 13.4. The molecule has 12 atom stereocenters. The molecule has 4 aliphatic carbocycles. The van der Waals surface area contributed by atoms with Crippen LogP contribution in [0.2, 0.25) is 0 Å². The Labute approximate surface area is 206 Å². The van der Waals surface area contributed by atoms with Crippen LogP contribution in [0.3, 0.4) is 0 Å². The molecule has 2 saturated heterocycles. The fourth-order valence-electron chi connectivity index (χ4n) is 10.5. The van der Waals surface area contributed by atoms with Crippen molar-refractivity contribution in [3.8, 4) is 0 Å². The molecule has 4 heteroatoms. The van der Waals surface area contributed by atoms with Crippen molar-refractivity contribution in [3.05, 3.63) is 11.6 Å². The summed E-state index contributed by atoms with van der Waals surface area (Å²) in [6, 6.07) is 0.549. The lowest BCUT2D eigenvalue weighted by Gasteiger charge is -2.50. The van der Waals surface area contributed by atoms with Gasteiger partial charge >= 0.3 is 0 Å². The summed E-state index contributed by atoms with van der Waals surface area (Å²) in [5.41, 5.74) is 1.97. The van der Waals surface area contributed by atoms with Crippen molar-refractivity contribution in [2.45, 2.75) is 103 Å². The molecule has 1 spiro atoms. The Balaban J connectivity index is 1.27. The summed E-state index contributed by atoms with van der Waals surface area (Å²) in [6.45, 7) is 12.2. The largest absolute Gasteiger partial charge is 0.393 e. The van der Waals surface area contributed by atoms with Crippen LogP contribution in [0.5, 0.6) is 0 Å². The van der Waals surface area contributed by atoms with Crippen molar-refractivity contribution >= 4 is 11.6 Å². The Morgan fingerprint density at radius 1 is 1.09 bits per heavy atom. The summed E-state index contributed by atoms with van der Waals surface area (Å²) in [4.78, 5) is 2.68. The predicted octanol–water partition coefficient (Wildman–Crippen LogP) is 5.89. The molecule has 6 aliphatic rings. The second-order valence-corrected chi connectivity index (χ2v) is 13.7. The number of nitrogens with zero attached hydrogens (tertiary/aromatic N) is 1. The number of ether oxygens (including phenoxy) is 1. The average molecular weight is 476 g/mol. The third-order valence-corrected chi connectivity index (χ3v) is 12.2. The first-order valence-corrected chi connectivity index (χ1v) is 14.7. The molecular weight excluding hydrogens is 430 g/mol. The number of hydrogen-bond donors (Lipinski definition) is 1. The monoisotopic (exact) mass is 475 g/mol. The minimum absolute atomic E-state index is 0.0541. The molecule has 5 fully saturated rings. The molecule has 0 aromatic rings. The zero-order chi connectivity index (χ0) is 23.1. The molecule has 0 aromatic carbocycles. The topological polar surface area (TPSA) is 32.7 Å². The highest BCUT2D eigenvalue weighted by atomic mass is 35.5. The van der Waals surface area contributed by atoms with Gasteiger partial charge in [-0.1, -0.05) is 39.3 Å². The van der Waals surface area contributed by atoms with Crippen LogP contribution in [0, 0.1) is 46.8 Å². The van der Waals surface area contributed by atoms with Gasteiger partial charge in [-0.2, -0.15) is 0 Å². The molecule has 0 bridgehead atoms. The van der Waals surface area contributed by atoms with E-state index in [4.69, 9.17) is 16.3 Å². The Morgan fingerprint density at radius 2 is 1.91 bits per heavy atom. The molecule has 2 aliphatic heterocycles. The SMILES string of the molecule is CC1C[C@H]2OC3(CC[C@@H]4C(C[C@H]5C4CC=C4CC(O)CCC45C)C3C)[C@H](C)C2N(CCCl)C1. The van der Waals surface area contributed by atoms with Gasteiger partial charge < -0.3 is 9.84 Å². The molecule has 2 heterocycles. The van der Waals surface area contributed by atoms with Crippen molar-refractivity contribution in [3.63, 3.8) is 0 Å². The van der Waals surface area contributed by atoms with E-state index in [0.29, 0.717) is 35.3 Å². The molecule has 0 amide bonds. The zero-order valence-corrected chi connectivity index (χ0v) is 22.1. The Bertz CT molecular complexity index is 800. The van der Waals surface area contributed by atoms with Crippen LogP contribution >= 0.6 is 11.6 Å². The molecule has 33 heavy (non-hydrogen) atoms. The van der Waals surface area contributed by atoms with Gasteiger partial charge in [-0.3, -0.25) is 4.90 Å². The van der Waals surface area contributed by atoms with E-state index >= 15 is 0 Å². The summed E-state index contributed by atoms with van der Waals surface area (Å²) < 4.78 is 7.24. The number of fused-ring (bicyclic) bond motifs is 6. The number of likely N-dealkylation sites (tertiary alicyclic amines) is 1. The number of hydrogen-bond acceptors (Lipinski definition) is 3. The van der Waals surface area contributed by atoms with Gasteiger partial charge in [0.2, 0.25) is 0 Å². The lowest BCUT2D eigenvalue weighted by atomic mass is 9.56. The highest BCUT2D eigenvalue weighted by molar-refractivity contribution is 6.18. The van der Waals surface area contributed by atoms with E-state index in [9.17, 15) is 5.11 Å². The smallest absolute Gasteiger partial charge is 0.0756 e. The standard InChI is InChI=1S/C29H46ClNO2/c1-17-13-26-27(31(16-17)12-11-30)19(3)29(33-26)10-8-22-23-6-5-20-14-21(32)7-9-28(20,4)25(23)15-24(22)18(29)2/h5,17-19,21-27,32H,6-16H2,1-4H3/t17?,18?,19-,21?,22+,23?,24?,25+,26-,27?,28?,29?/m1/s1. The first kappa shape index (κ1) is 23.3. The number of allylic oxidation sites excluding steroid dienone is 1. The lowest BCUT2D eigenvalue weighted by Crippen LogP contribution is -2.54. The van der Waals surface area contributed by atoms with Gasteiger partial charge in [0, 0.05) is 30.9 Å². The average Bonchev–Trinajstić information content (AvgIpc) is 3.29. The van der Waals surface area contributed by atoms with Crippen LogP contribution in [-0.4, -0.2) is 52.8 Å². The molecular formula is C29H46ClNO2. The number of piperidine rings is 1. The number of rotatable bonds is 2. The van der Waals surface area contributed by atoms with Gasteiger partial charge in [0.15, 0.2) is 0 Å². The molecule has 3 nitrogen and oxygen atoms in total. The third kappa shape index (κ3) is 3.31. The fourth-order valence-corrected chi connectivity index (χ4v) is 10.7. The maximum Gasteiger partial charge on any atom is 0.0756 e. The summed E-state index contributed by atoms with van der Waals surface area (Å²) >= 11 is 6.24. The van der Waals surface area contributed by atoms with Crippen LogP contribution in [0.1, 0.15) is 79.1 Å². The van der Waals surface area contributed by atoms with Crippen molar-refractivity contribution in [2.75, 3.05) is 19.0 Å². The summed E-state index contributed by atoms with van der Waals surface area (Å²) in [5, 5.41) is 10.3. The van der Waals surface area contributed by atoms with Gasteiger partial charge in [-0.05, 0) is 92.3 Å². The van der Waals surface area contributed by atoms with Gasteiger partial charge in [-0.25, -0.2) is 0 Å². The maximum absolute atomic E-state index is 10.3. The quantitative estimate of drug-likeness (QED) is 0.399. The number of aliphatic hydroxyl groups is 1. The van der Waals surface area contributed by atoms with Crippen LogP contribution < -0.4 is 0 Å². The Kier molecular flexibility index (Phi) is 5.81. The molecule has 6 rings (SSSR count). The summed E-state index contributed by atoms with van der Waals surface area (Å²) in [5.74, 6) is 5.98. The van der Waals surface area contributed by atoms with Crippen LogP contribution in [0.25, 0.3) is 0 Å². The van der Waals surface area contributed by atoms with Crippen LogP contribution in [0.15, 0.2) is 11.6 Å². The molecule has 3 saturated carbocycles. The minimum atomic E-state index is -0.110. The summed E-state index contributed by atoms with van der Waals surface area (Å²) in [7, 11) is 0. The van der Waals surface area contributed by atoms with E-state index in [-0.39, 0.29) is 11.7 Å². The van der Waals surface area contributed by atoms with E-state index in [1.807, 2.05) is 0 Å². The molecule has 186 valence electrons. The van der Waals surface area contributed by atoms with E-state index in [2.05, 4.69) is 38.7 Å². The van der Waals surface area contributed by atoms with Gasteiger partial charge in [0.05, 0.1) is 17.8 Å². The minimum Gasteiger partial charge on any atom is -0.393 e. The first-order chi connectivity index (χ1) is 15.8. The maximum atomic E-state index is 10.3. The zero-order valence-electron chi connectivity index (χ0n) is 21.3. The van der Waals surface area contributed by atoms with E-state index in [1.54, 1.807) is 5.57 Å². The van der Waals surface area contributed by atoms with Crippen LogP contribution in [0.4, 0.5) is 0 Å². The molecule has 0 aromatic heterocycles. The van der Waals surface area contributed by atoms with Crippen molar-refractivity contribution in [1.29, 1.82) is 0 Å². The molecule has 1 N–H and O–H groups in total. The van der Waals surface area contributed by atoms with E-state index in [1.165, 1.54) is 45.1 Å². The highest BCUT2D eigenvalue weighted by Crippen LogP contribution is 2.67. The number of halogens is 1. The Hall–Kier alpha value is -0.0900. The number of alkyl halides is 1. The van der Waals surface area contributed by atoms with Crippen molar-refractivity contribution < 1.29 is 9.84 Å². The number of aliphatic hydroxyl groups excluding tert-OH is 1. The predicted molar refractivity (Wildman–Crippen MR) is 134 cm³/mol. The lowest BCUT2D eigenvalue weighted by molar-refractivity contribution is -0.144. The van der Waals surface area contributed by atoms with Gasteiger partial charge in [-0.15, -0.1) is 11.6 Å².